The summed E-state index contributed by atoms with van der Waals surface area (Å²) in [6.45, 7) is 27.2. The molecular weight excluding hydrogens is 726 g/mol. The third kappa shape index (κ3) is 10.5. The fourth-order valence-corrected chi connectivity index (χ4v) is 8.88. The Balaban J connectivity index is 1.51. The number of rotatable bonds is 23. The van der Waals surface area contributed by atoms with E-state index in [1.54, 1.807) is 7.11 Å². The lowest BCUT2D eigenvalue weighted by molar-refractivity contribution is 0.00578. The Hall–Kier alpha value is -1.75. The molecule has 2 fully saturated rings. The predicted octanol–water partition coefficient (Wildman–Crippen LogP) is 9.72. The Morgan fingerprint density at radius 2 is 1.03 bits per heavy atom. The van der Waals surface area contributed by atoms with Crippen LogP contribution in [0.4, 0.5) is 0 Å². The van der Waals surface area contributed by atoms with Crippen LogP contribution in [0.5, 0.6) is 0 Å². The van der Waals surface area contributed by atoms with Crippen molar-refractivity contribution in [3.05, 3.63) is 47.5 Å². The summed E-state index contributed by atoms with van der Waals surface area (Å²) in [7, 11) is 2.70. The third-order valence-electron chi connectivity index (χ3n) is 14.3. The Morgan fingerprint density at radius 1 is 0.552 bits per heavy atom. The van der Waals surface area contributed by atoms with Crippen LogP contribution in [0.2, 0.25) is 0 Å². The molecule has 2 saturated heterocycles. The Bertz CT molecular complexity index is 1510. The van der Waals surface area contributed by atoms with Gasteiger partial charge in [0.1, 0.15) is 0 Å². The average Bonchev–Trinajstić information content (AvgIpc) is 3.67. The van der Waals surface area contributed by atoms with E-state index in [2.05, 4.69) is 119 Å². The van der Waals surface area contributed by atoms with E-state index in [0.717, 1.165) is 88.2 Å². The minimum atomic E-state index is -0.443. The molecule has 0 aromatic heterocycles. The number of benzene rings is 2. The molecular formula is C48H78B2O8. The van der Waals surface area contributed by atoms with Crippen molar-refractivity contribution in [1.29, 1.82) is 0 Å². The fraction of sp³-hybridized carbons (Fsp3) is 0.750. The monoisotopic (exact) mass is 805 g/mol. The second-order valence-corrected chi connectivity index (χ2v) is 19.5. The van der Waals surface area contributed by atoms with Crippen LogP contribution < -0.4 is 10.9 Å². The standard InChI is InChI=1S/C48H78B2O8/c1-15-19-39(52-14)27-31-54-38(16-2)21-18-29-48(28-17-20-35(4)53-30-26-34(3)51-13)42-32-36(49-55-44(5,6)45(7,8)56-49)22-24-40(42)41-25-23-37(33-43(41)48)50-57-46(9,10)47(11,12)58-50/h22-25,32-35,38-39H,15-21,26-31H2,1-14H3. The van der Waals surface area contributed by atoms with Crippen LogP contribution in [0.3, 0.4) is 0 Å². The molecule has 2 aliphatic heterocycles. The van der Waals surface area contributed by atoms with Crippen LogP contribution in [-0.4, -0.2) is 88.5 Å². The van der Waals surface area contributed by atoms with Crippen molar-refractivity contribution in [2.75, 3.05) is 27.4 Å². The van der Waals surface area contributed by atoms with Crippen LogP contribution in [0, 0.1) is 0 Å². The molecule has 1 aliphatic carbocycles. The number of hydrogen-bond donors (Lipinski definition) is 0. The highest BCUT2D eigenvalue weighted by Crippen LogP contribution is 2.54. The molecule has 2 heterocycles. The van der Waals surface area contributed by atoms with Gasteiger partial charge in [0.15, 0.2) is 0 Å². The first kappa shape index (κ1) is 47.3. The van der Waals surface area contributed by atoms with E-state index in [9.17, 15) is 0 Å². The molecule has 4 unspecified atom stereocenters. The first-order valence-corrected chi connectivity index (χ1v) is 22.6. The van der Waals surface area contributed by atoms with E-state index in [1.807, 2.05) is 7.11 Å². The highest BCUT2D eigenvalue weighted by Gasteiger charge is 2.54. The van der Waals surface area contributed by atoms with Crippen LogP contribution in [-0.2, 0) is 43.0 Å². The average molecular weight is 805 g/mol. The summed E-state index contributed by atoms with van der Waals surface area (Å²) in [5, 5.41) is 0. The molecule has 10 heteroatoms. The van der Waals surface area contributed by atoms with Crippen molar-refractivity contribution in [3.63, 3.8) is 0 Å². The van der Waals surface area contributed by atoms with Crippen molar-refractivity contribution in [3.8, 4) is 11.1 Å². The molecule has 5 rings (SSSR count). The van der Waals surface area contributed by atoms with Gasteiger partial charge in [0, 0.05) is 32.8 Å². The van der Waals surface area contributed by atoms with Gasteiger partial charge in [-0.1, -0.05) is 56.7 Å². The van der Waals surface area contributed by atoms with Gasteiger partial charge in [-0.2, -0.15) is 0 Å². The van der Waals surface area contributed by atoms with Gasteiger partial charge in [-0.15, -0.1) is 0 Å². The summed E-state index contributed by atoms with van der Waals surface area (Å²) in [5.74, 6) is 0. The van der Waals surface area contributed by atoms with Crippen LogP contribution >= 0.6 is 0 Å². The Labute approximate surface area is 353 Å². The van der Waals surface area contributed by atoms with E-state index < -0.39 is 36.6 Å². The predicted molar refractivity (Wildman–Crippen MR) is 239 cm³/mol. The summed E-state index contributed by atoms with van der Waals surface area (Å²) in [6.07, 6.45) is 11.8. The molecule has 0 radical (unpaired) electrons. The Morgan fingerprint density at radius 3 is 1.48 bits per heavy atom. The van der Waals surface area contributed by atoms with E-state index in [1.165, 1.54) is 22.3 Å². The zero-order valence-electron chi connectivity index (χ0n) is 38.9. The summed E-state index contributed by atoms with van der Waals surface area (Å²) < 4.78 is 50.7. The first-order valence-electron chi connectivity index (χ1n) is 22.6. The third-order valence-corrected chi connectivity index (χ3v) is 14.3. The van der Waals surface area contributed by atoms with Crippen molar-refractivity contribution < 1.29 is 37.6 Å². The maximum absolute atomic E-state index is 6.65. The second-order valence-electron chi connectivity index (χ2n) is 19.5. The number of hydrogen-bond acceptors (Lipinski definition) is 8. The first-order chi connectivity index (χ1) is 27.3. The summed E-state index contributed by atoms with van der Waals surface area (Å²) >= 11 is 0. The molecule has 2 aromatic carbocycles. The van der Waals surface area contributed by atoms with Gasteiger partial charge in [0.2, 0.25) is 0 Å². The maximum Gasteiger partial charge on any atom is 0.494 e. The van der Waals surface area contributed by atoms with Crippen LogP contribution in [0.25, 0.3) is 11.1 Å². The van der Waals surface area contributed by atoms with Crippen molar-refractivity contribution in [2.45, 2.75) is 206 Å². The molecule has 58 heavy (non-hydrogen) atoms. The Kier molecular flexibility index (Phi) is 15.9. The largest absolute Gasteiger partial charge is 0.494 e. The summed E-state index contributed by atoms with van der Waals surface area (Å²) in [5.41, 5.74) is 5.46. The van der Waals surface area contributed by atoms with E-state index in [4.69, 9.17) is 37.6 Å². The van der Waals surface area contributed by atoms with Crippen molar-refractivity contribution in [2.24, 2.45) is 0 Å². The molecule has 2 aromatic rings. The zero-order chi connectivity index (χ0) is 42.5. The van der Waals surface area contributed by atoms with Gasteiger partial charge in [-0.05, 0) is 167 Å². The zero-order valence-corrected chi connectivity index (χ0v) is 38.9. The fourth-order valence-electron chi connectivity index (χ4n) is 8.88. The normalized spacial score (nSPS) is 21.8. The van der Waals surface area contributed by atoms with E-state index in [-0.39, 0.29) is 29.8 Å². The quantitative estimate of drug-likeness (QED) is 0.103. The molecule has 0 N–H and O–H groups in total. The minimum Gasteiger partial charge on any atom is -0.399 e. The minimum absolute atomic E-state index is 0.148. The lowest BCUT2D eigenvalue weighted by Crippen LogP contribution is -2.41. The van der Waals surface area contributed by atoms with Gasteiger partial charge >= 0.3 is 14.2 Å². The molecule has 8 nitrogen and oxygen atoms in total. The van der Waals surface area contributed by atoms with Gasteiger partial charge < -0.3 is 37.6 Å². The van der Waals surface area contributed by atoms with Crippen molar-refractivity contribution >= 4 is 25.2 Å². The van der Waals surface area contributed by atoms with Gasteiger partial charge in [-0.3, -0.25) is 0 Å². The molecule has 0 spiro atoms. The highest BCUT2D eigenvalue weighted by molar-refractivity contribution is 6.62. The SMILES string of the molecule is CCCC(CCOC(CC)CCCC1(CCCC(C)OCCC(C)OC)c2cc(B3OC(C)(C)C(C)(C)O3)ccc2-c2ccc(B3OC(C)(C)C(C)(C)O3)cc21)OC. The van der Waals surface area contributed by atoms with Gasteiger partial charge in [-0.25, -0.2) is 0 Å². The number of ether oxygens (including phenoxy) is 4. The van der Waals surface area contributed by atoms with Gasteiger partial charge in [0.05, 0.1) is 46.8 Å². The summed E-state index contributed by atoms with van der Waals surface area (Å²) in [6, 6.07) is 13.9. The summed E-state index contributed by atoms with van der Waals surface area (Å²) in [4.78, 5) is 0. The number of fused-ring (bicyclic) bond motifs is 3. The lowest BCUT2D eigenvalue weighted by Gasteiger charge is -2.34. The van der Waals surface area contributed by atoms with E-state index in [0.29, 0.717) is 6.61 Å². The molecule has 0 saturated carbocycles. The van der Waals surface area contributed by atoms with E-state index >= 15 is 0 Å². The topological polar surface area (TPSA) is 73.8 Å². The molecule has 4 atom stereocenters. The molecule has 324 valence electrons. The highest BCUT2D eigenvalue weighted by atomic mass is 16.7. The second kappa shape index (κ2) is 19.5. The smallest absolute Gasteiger partial charge is 0.399 e. The van der Waals surface area contributed by atoms with Crippen LogP contribution in [0.1, 0.15) is 165 Å². The molecule has 0 amide bonds. The number of methoxy groups -OCH3 is 2. The molecule has 0 bridgehead atoms. The van der Waals surface area contributed by atoms with Gasteiger partial charge in [0.25, 0.3) is 0 Å². The van der Waals surface area contributed by atoms with Crippen molar-refractivity contribution in [1.82, 2.24) is 0 Å². The lowest BCUT2D eigenvalue weighted by atomic mass is 9.67. The molecule has 3 aliphatic rings. The van der Waals surface area contributed by atoms with Crippen LogP contribution in [0.15, 0.2) is 36.4 Å². The maximum atomic E-state index is 6.65.